The van der Waals surface area contributed by atoms with E-state index in [0.717, 1.165) is 11.3 Å². The van der Waals surface area contributed by atoms with Gasteiger partial charge in [0.2, 0.25) is 0 Å². The SMILES string of the molecule is COCCOc1cc(Cl)ccc1CN. The normalized spacial score (nSPS) is 10.2. The molecule has 0 atom stereocenters. The van der Waals surface area contributed by atoms with Gasteiger partial charge in [0.15, 0.2) is 0 Å². The van der Waals surface area contributed by atoms with E-state index in [4.69, 9.17) is 26.8 Å². The zero-order valence-electron chi connectivity index (χ0n) is 8.13. The summed E-state index contributed by atoms with van der Waals surface area (Å²) in [6, 6.07) is 5.43. The molecule has 1 aromatic rings. The molecule has 4 heteroatoms. The number of nitrogens with two attached hydrogens (primary N) is 1. The molecule has 0 aliphatic carbocycles. The summed E-state index contributed by atoms with van der Waals surface area (Å²) in [5.74, 6) is 0.733. The van der Waals surface area contributed by atoms with Crippen molar-refractivity contribution in [3.05, 3.63) is 28.8 Å². The van der Waals surface area contributed by atoms with Gasteiger partial charge in [-0.15, -0.1) is 0 Å². The Morgan fingerprint density at radius 1 is 1.36 bits per heavy atom. The van der Waals surface area contributed by atoms with Gasteiger partial charge in [0.25, 0.3) is 0 Å². The minimum absolute atomic E-state index is 0.444. The molecule has 0 fully saturated rings. The highest BCUT2D eigenvalue weighted by Crippen LogP contribution is 2.22. The number of rotatable bonds is 5. The van der Waals surface area contributed by atoms with Gasteiger partial charge in [-0.1, -0.05) is 17.7 Å². The van der Waals surface area contributed by atoms with Gasteiger partial charge in [0.1, 0.15) is 12.4 Å². The van der Waals surface area contributed by atoms with Crippen LogP contribution in [0.2, 0.25) is 5.02 Å². The molecule has 0 radical (unpaired) electrons. The van der Waals surface area contributed by atoms with Crippen LogP contribution in [-0.2, 0) is 11.3 Å². The van der Waals surface area contributed by atoms with Gasteiger partial charge in [-0.3, -0.25) is 0 Å². The van der Waals surface area contributed by atoms with E-state index in [1.807, 2.05) is 6.07 Å². The number of hydrogen-bond donors (Lipinski definition) is 1. The summed E-state index contributed by atoms with van der Waals surface area (Å²) in [6.07, 6.45) is 0. The largest absolute Gasteiger partial charge is 0.491 e. The third kappa shape index (κ3) is 3.18. The van der Waals surface area contributed by atoms with Gasteiger partial charge in [-0.25, -0.2) is 0 Å². The summed E-state index contributed by atoms with van der Waals surface area (Å²) in [6.45, 7) is 1.50. The lowest BCUT2D eigenvalue weighted by molar-refractivity contribution is 0.146. The van der Waals surface area contributed by atoms with Crippen LogP contribution in [0.15, 0.2) is 18.2 Å². The number of hydrogen-bond acceptors (Lipinski definition) is 3. The first-order valence-electron chi connectivity index (χ1n) is 4.38. The second kappa shape index (κ2) is 5.86. The second-order valence-corrected chi connectivity index (χ2v) is 3.23. The molecule has 0 aliphatic rings. The highest BCUT2D eigenvalue weighted by molar-refractivity contribution is 6.30. The summed E-state index contributed by atoms with van der Waals surface area (Å²) in [5.41, 5.74) is 6.50. The number of methoxy groups -OCH3 is 1. The Balaban J connectivity index is 2.67. The molecular formula is C10H14ClNO2. The van der Waals surface area contributed by atoms with E-state index in [0.29, 0.717) is 24.8 Å². The molecule has 0 aromatic heterocycles. The number of benzene rings is 1. The lowest BCUT2D eigenvalue weighted by Gasteiger charge is -2.10. The highest BCUT2D eigenvalue weighted by Gasteiger charge is 2.02. The van der Waals surface area contributed by atoms with Gasteiger partial charge < -0.3 is 15.2 Å². The zero-order chi connectivity index (χ0) is 10.4. The van der Waals surface area contributed by atoms with Crippen molar-refractivity contribution in [1.29, 1.82) is 0 Å². The third-order valence-electron chi connectivity index (χ3n) is 1.79. The second-order valence-electron chi connectivity index (χ2n) is 2.80. The maximum absolute atomic E-state index is 5.83. The minimum atomic E-state index is 0.444. The predicted molar refractivity (Wildman–Crippen MR) is 56.7 cm³/mol. The van der Waals surface area contributed by atoms with E-state index in [9.17, 15) is 0 Å². The molecule has 14 heavy (non-hydrogen) atoms. The molecule has 0 bridgehead atoms. The summed E-state index contributed by atoms with van der Waals surface area (Å²) in [7, 11) is 1.63. The van der Waals surface area contributed by atoms with Crippen LogP contribution in [0.25, 0.3) is 0 Å². The van der Waals surface area contributed by atoms with E-state index < -0.39 is 0 Å². The van der Waals surface area contributed by atoms with E-state index in [1.165, 1.54) is 0 Å². The van der Waals surface area contributed by atoms with Crippen LogP contribution in [0.3, 0.4) is 0 Å². The average Bonchev–Trinajstić information content (AvgIpc) is 2.19. The summed E-state index contributed by atoms with van der Waals surface area (Å²) >= 11 is 5.83. The van der Waals surface area contributed by atoms with Gasteiger partial charge in [-0.2, -0.15) is 0 Å². The number of halogens is 1. The standard InChI is InChI=1S/C10H14ClNO2/c1-13-4-5-14-10-6-9(11)3-2-8(10)7-12/h2-3,6H,4-5,7,12H2,1H3. The van der Waals surface area contributed by atoms with Crippen LogP contribution in [0.4, 0.5) is 0 Å². The van der Waals surface area contributed by atoms with Crippen molar-refractivity contribution in [2.75, 3.05) is 20.3 Å². The Morgan fingerprint density at radius 3 is 2.79 bits per heavy atom. The van der Waals surface area contributed by atoms with E-state index in [1.54, 1.807) is 19.2 Å². The molecule has 0 saturated heterocycles. The van der Waals surface area contributed by atoms with Crippen LogP contribution < -0.4 is 10.5 Å². The Bertz CT molecular complexity index is 291. The predicted octanol–water partition coefficient (Wildman–Crippen LogP) is 1.82. The number of ether oxygens (including phenoxy) is 2. The van der Waals surface area contributed by atoms with Crippen molar-refractivity contribution >= 4 is 11.6 Å². The van der Waals surface area contributed by atoms with Crippen molar-refractivity contribution in [3.63, 3.8) is 0 Å². The van der Waals surface area contributed by atoms with Crippen LogP contribution >= 0.6 is 11.6 Å². The lowest BCUT2D eigenvalue weighted by atomic mass is 10.2. The first-order valence-corrected chi connectivity index (χ1v) is 4.76. The Hall–Kier alpha value is -0.770. The smallest absolute Gasteiger partial charge is 0.125 e. The third-order valence-corrected chi connectivity index (χ3v) is 2.03. The van der Waals surface area contributed by atoms with Crippen LogP contribution in [0.5, 0.6) is 5.75 Å². The molecule has 0 heterocycles. The Morgan fingerprint density at radius 2 is 2.14 bits per heavy atom. The van der Waals surface area contributed by atoms with E-state index in [2.05, 4.69) is 0 Å². The summed E-state index contributed by atoms with van der Waals surface area (Å²) in [4.78, 5) is 0. The quantitative estimate of drug-likeness (QED) is 0.763. The average molecular weight is 216 g/mol. The van der Waals surface area contributed by atoms with E-state index >= 15 is 0 Å². The summed E-state index contributed by atoms with van der Waals surface area (Å²) in [5, 5.41) is 0.648. The van der Waals surface area contributed by atoms with Crippen molar-refractivity contribution in [2.24, 2.45) is 5.73 Å². The Labute approximate surface area is 88.8 Å². The van der Waals surface area contributed by atoms with Gasteiger partial charge >= 0.3 is 0 Å². The fraction of sp³-hybridized carbons (Fsp3) is 0.400. The molecular weight excluding hydrogens is 202 g/mol. The fourth-order valence-electron chi connectivity index (χ4n) is 1.07. The van der Waals surface area contributed by atoms with Crippen molar-refractivity contribution < 1.29 is 9.47 Å². The topological polar surface area (TPSA) is 44.5 Å². The molecule has 0 unspecified atom stereocenters. The molecule has 78 valence electrons. The van der Waals surface area contributed by atoms with Crippen molar-refractivity contribution in [1.82, 2.24) is 0 Å². The monoisotopic (exact) mass is 215 g/mol. The Kier molecular flexibility index (Phi) is 4.73. The van der Waals surface area contributed by atoms with Gasteiger partial charge in [-0.05, 0) is 12.1 Å². The molecule has 2 N–H and O–H groups in total. The van der Waals surface area contributed by atoms with Crippen LogP contribution in [0, 0.1) is 0 Å². The first-order chi connectivity index (χ1) is 6.77. The molecule has 0 saturated carbocycles. The van der Waals surface area contributed by atoms with Crippen LogP contribution in [0.1, 0.15) is 5.56 Å². The maximum atomic E-state index is 5.83. The molecule has 1 rings (SSSR count). The highest BCUT2D eigenvalue weighted by atomic mass is 35.5. The van der Waals surface area contributed by atoms with Crippen molar-refractivity contribution in [3.8, 4) is 5.75 Å². The zero-order valence-corrected chi connectivity index (χ0v) is 8.88. The molecule has 0 amide bonds. The van der Waals surface area contributed by atoms with Gasteiger partial charge in [0, 0.05) is 24.2 Å². The first kappa shape index (κ1) is 11.3. The van der Waals surface area contributed by atoms with Gasteiger partial charge in [0.05, 0.1) is 6.61 Å². The molecule has 0 aliphatic heterocycles. The van der Waals surface area contributed by atoms with E-state index in [-0.39, 0.29) is 0 Å². The molecule has 3 nitrogen and oxygen atoms in total. The summed E-state index contributed by atoms with van der Waals surface area (Å²) < 4.78 is 10.3. The fourth-order valence-corrected chi connectivity index (χ4v) is 1.23. The minimum Gasteiger partial charge on any atom is -0.491 e. The maximum Gasteiger partial charge on any atom is 0.125 e. The van der Waals surface area contributed by atoms with Crippen LogP contribution in [-0.4, -0.2) is 20.3 Å². The molecule has 1 aromatic carbocycles. The van der Waals surface area contributed by atoms with Crippen molar-refractivity contribution in [2.45, 2.75) is 6.54 Å². The molecule has 0 spiro atoms. The lowest BCUT2D eigenvalue weighted by Crippen LogP contribution is -2.07.